The van der Waals surface area contributed by atoms with Gasteiger partial charge in [-0.25, -0.2) is 0 Å². The summed E-state index contributed by atoms with van der Waals surface area (Å²) in [5, 5.41) is 0. The van der Waals surface area contributed by atoms with Gasteiger partial charge in [0.2, 0.25) is 0 Å². The molecular formula is C17H28. The third-order valence-electron chi connectivity index (χ3n) is 4.09. The predicted molar refractivity (Wildman–Crippen MR) is 78.1 cm³/mol. The molecule has 0 radical (unpaired) electrons. The summed E-state index contributed by atoms with van der Waals surface area (Å²) in [7, 11) is 0. The predicted octanol–water partition coefficient (Wildman–Crippen LogP) is 5.03. The number of rotatable bonds is 2. The molecule has 0 saturated heterocycles. The monoisotopic (exact) mass is 232 g/mol. The average Bonchev–Trinajstić information content (AvgIpc) is 2.24. The molecule has 0 aliphatic heterocycles. The third-order valence-corrected chi connectivity index (χ3v) is 4.09. The normalized spacial score (nSPS) is 12.0. The molecule has 0 spiro atoms. The second kappa shape index (κ2) is 4.84. The van der Waals surface area contributed by atoms with Gasteiger partial charge in [-0.2, -0.15) is 0 Å². The Morgan fingerprint density at radius 2 is 1.06 bits per heavy atom. The summed E-state index contributed by atoms with van der Waals surface area (Å²) < 4.78 is 0. The van der Waals surface area contributed by atoms with Crippen molar-refractivity contribution in [3.63, 3.8) is 0 Å². The standard InChI is InChI=1S/C17H28/c1-9-14-12(4)11(3)13(5)15(10-2)16(14)17(6,7)8/h9-10H2,1-8H3. The first kappa shape index (κ1) is 14.3. The van der Waals surface area contributed by atoms with E-state index < -0.39 is 0 Å². The first-order valence-corrected chi connectivity index (χ1v) is 6.87. The highest BCUT2D eigenvalue weighted by molar-refractivity contribution is 5.53. The largest absolute Gasteiger partial charge is 0.0613 e. The minimum Gasteiger partial charge on any atom is -0.0613 e. The van der Waals surface area contributed by atoms with Crippen LogP contribution in [0.5, 0.6) is 0 Å². The highest BCUT2D eigenvalue weighted by Crippen LogP contribution is 2.36. The SMILES string of the molecule is CCc1c(C)c(C)c(C)c(CC)c1C(C)(C)C. The quantitative estimate of drug-likeness (QED) is 0.670. The van der Waals surface area contributed by atoms with Crippen molar-refractivity contribution >= 4 is 0 Å². The van der Waals surface area contributed by atoms with Crippen molar-refractivity contribution in [2.24, 2.45) is 0 Å². The fourth-order valence-corrected chi connectivity index (χ4v) is 3.08. The summed E-state index contributed by atoms with van der Waals surface area (Å²) in [5.41, 5.74) is 9.52. The molecule has 0 saturated carbocycles. The van der Waals surface area contributed by atoms with Gasteiger partial charge in [0.25, 0.3) is 0 Å². The molecule has 1 aromatic carbocycles. The maximum absolute atomic E-state index is 2.34. The molecule has 0 heteroatoms. The Labute approximate surface area is 107 Å². The summed E-state index contributed by atoms with van der Waals surface area (Å²) in [5.74, 6) is 0. The van der Waals surface area contributed by atoms with Crippen LogP contribution in [0.25, 0.3) is 0 Å². The number of hydrogen-bond acceptors (Lipinski definition) is 0. The van der Waals surface area contributed by atoms with Gasteiger partial charge in [0, 0.05) is 0 Å². The Hall–Kier alpha value is -0.780. The number of benzene rings is 1. The molecule has 0 nitrogen and oxygen atoms in total. The van der Waals surface area contributed by atoms with E-state index in [9.17, 15) is 0 Å². The van der Waals surface area contributed by atoms with E-state index in [0.717, 1.165) is 12.8 Å². The Kier molecular flexibility index (Phi) is 4.06. The van der Waals surface area contributed by atoms with E-state index in [4.69, 9.17) is 0 Å². The van der Waals surface area contributed by atoms with Crippen LogP contribution in [-0.4, -0.2) is 0 Å². The molecule has 0 atom stereocenters. The molecule has 96 valence electrons. The Morgan fingerprint density at radius 1 is 0.706 bits per heavy atom. The van der Waals surface area contributed by atoms with E-state index in [1.807, 2.05) is 0 Å². The third kappa shape index (κ3) is 2.41. The van der Waals surface area contributed by atoms with Crippen LogP contribution < -0.4 is 0 Å². The second-order valence-electron chi connectivity index (χ2n) is 6.16. The van der Waals surface area contributed by atoms with Gasteiger partial charge in [-0.3, -0.25) is 0 Å². The molecule has 1 rings (SSSR count). The van der Waals surface area contributed by atoms with Gasteiger partial charge in [-0.1, -0.05) is 34.6 Å². The Balaban J connectivity index is 3.76. The molecule has 0 amide bonds. The molecule has 0 unspecified atom stereocenters. The highest BCUT2D eigenvalue weighted by Gasteiger charge is 2.24. The van der Waals surface area contributed by atoms with E-state index >= 15 is 0 Å². The zero-order chi connectivity index (χ0) is 13.4. The summed E-state index contributed by atoms with van der Waals surface area (Å²) in [6, 6.07) is 0. The molecule has 0 N–H and O–H groups in total. The molecule has 17 heavy (non-hydrogen) atoms. The summed E-state index contributed by atoms with van der Waals surface area (Å²) in [6.45, 7) is 18.4. The molecular weight excluding hydrogens is 204 g/mol. The van der Waals surface area contributed by atoms with Crippen molar-refractivity contribution in [2.75, 3.05) is 0 Å². The Morgan fingerprint density at radius 3 is 1.29 bits per heavy atom. The summed E-state index contributed by atoms with van der Waals surface area (Å²) in [6.07, 6.45) is 2.29. The van der Waals surface area contributed by atoms with Gasteiger partial charge in [0.05, 0.1) is 0 Å². The van der Waals surface area contributed by atoms with Crippen LogP contribution in [0.15, 0.2) is 0 Å². The van der Waals surface area contributed by atoms with Crippen LogP contribution in [0.1, 0.15) is 68.0 Å². The van der Waals surface area contributed by atoms with Gasteiger partial charge in [0.1, 0.15) is 0 Å². The average molecular weight is 232 g/mol. The lowest BCUT2D eigenvalue weighted by atomic mass is 9.75. The molecule has 1 aromatic rings. The van der Waals surface area contributed by atoms with Gasteiger partial charge in [-0.05, 0) is 72.4 Å². The maximum Gasteiger partial charge on any atom is -0.0126 e. The van der Waals surface area contributed by atoms with Gasteiger partial charge >= 0.3 is 0 Å². The lowest BCUT2D eigenvalue weighted by Crippen LogP contribution is -2.20. The van der Waals surface area contributed by atoms with Crippen molar-refractivity contribution in [3.05, 3.63) is 33.4 Å². The van der Waals surface area contributed by atoms with E-state index in [0.29, 0.717) is 0 Å². The van der Waals surface area contributed by atoms with Crippen molar-refractivity contribution in [1.29, 1.82) is 0 Å². The van der Waals surface area contributed by atoms with Crippen molar-refractivity contribution in [1.82, 2.24) is 0 Å². The van der Waals surface area contributed by atoms with Crippen molar-refractivity contribution in [2.45, 2.75) is 73.6 Å². The van der Waals surface area contributed by atoms with E-state index in [-0.39, 0.29) is 5.41 Å². The van der Waals surface area contributed by atoms with E-state index in [1.54, 1.807) is 16.7 Å². The zero-order valence-electron chi connectivity index (χ0n) is 12.9. The minimum absolute atomic E-state index is 0.250. The van der Waals surface area contributed by atoms with Gasteiger partial charge in [-0.15, -0.1) is 0 Å². The zero-order valence-corrected chi connectivity index (χ0v) is 12.9. The van der Waals surface area contributed by atoms with Crippen LogP contribution in [0.2, 0.25) is 0 Å². The van der Waals surface area contributed by atoms with Crippen LogP contribution in [0, 0.1) is 20.8 Å². The Bertz CT molecular complexity index is 386. The van der Waals surface area contributed by atoms with Crippen molar-refractivity contribution < 1.29 is 0 Å². The molecule has 0 aliphatic carbocycles. The topological polar surface area (TPSA) is 0 Å². The van der Waals surface area contributed by atoms with Crippen LogP contribution >= 0.6 is 0 Å². The first-order chi connectivity index (χ1) is 7.75. The molecule has 0 aliphatic rings. The summed E-state index contributed by atoms with van der Waals surface area (Å²) >= 11 is 0. The minimum atomic E-state index is 0.250. The molecule has 0 bridgehead atoms. The molecule has 0 fully saturated rings. The van der Waals surface area contributed by atoms with Gasteiger partial charge < -0.3 is 0 Å². The molecule has 0 aromatic heterocycles. The lowest BCUT2D eigenvalue weighted by molar-refractivity contribution is 0.574. The number of hydrogen-bond donors (Lipinski definition) is 0. The van der Waals surface area contributed by atoms with Crippen LogP contribution in [0.4, 0.5) is 0 Å². The fourth-order valence-electron chi connectivity index (χ4n) is 3.08. The maximum atomic E-state index is 2.34. The second-order valence-corrected chi connectivity index (χ2v) is 6.16. The van der Waals surface area contributed by atoms with Crippen LogP contribution in [-0.2, 0) is 18.3 Å². The first-order valence-electron chi connectivity index (χ1n) is 6.87. The fraction of sp³-hybridized carbons (Fsp3) is 0.647. The van der Waals surface area contributed by atoms with Crippen molar-refractivity contribution in [3.8, 4) is 0 Å². The highest BCUT2D eigenvalue weighted by atomic mass is 14.3. The molecule has 0 heterocycles. The van der Waals surface area contributed by atoms with Crippen LogP contribution in [0.3, 0.4) is 0 Å². The van der Waals surface area contributed by atoms with Gasteiger partial charge in [0.15, 0.2) is 0 Å². The summed E-state index contributed by atoms with van der Waals surface area (Å²) in [4.78, 5) is 0. The van der Waals surface area contributed by atoms with E-state index in [1.165, 1.54) is 16.7 Å². The smallest absolute Gasteiger partial charge is 0.0126 e. The van der Waals surface area contributed by atoms with E-state index in [2.05, 4.69) is 55.4 Å². The lowest BCUT2D eigenvalue weighted by Gasteiger charge is -2.30.